The maximum absolute atomic E-state index is 11.6. The molecule has 0 unspecified atom stereocenters. The summed E-state index contributed by atoms with van der Waals surface area (Å²) in [4.78, 5) is 12.9. The number of aryl methyl sites for hydroxylation is 1. The molecule has 3 nitrogen and oxygen atoms in total. The quantitative estimate of drug-likeness (QED) is 0.785. The molecule has 0 aliphatic heterocycles. The molecule has 2 N–H and O–H groups in total. The van der Waals surface area contributed by atoms with Crippen LogP contribution in [0.3, 0.4) is 0 Å². The number of carbonyl (C=O) groups excluding carboxylic acids is 1. The molecular formula is C13H21NO2S. The van der Waals surface area contributed by atoms with E-state index in [0.29, 0.717) is 6.42 Å². The second-order valence-electron chi connectivity index (χ2n) is 4.53. The van der Waals surface area contributed by atoms with Gasteiger partial charge in [-0.3, -0.25) is 4.79 Å². The topological polar surface area (TPSA) is 49.3 Å². The summed E-state index contributed by atoms with van der Waals surface area (Å²) in [6.07, 6.45) is 2.35. The molecule has 0 aromatic carbocycles. The van der Waals surface area contributed by atoms with Gasteiger partial charge >= 0.3 is 0 Å². The monoisotopic (exact) mass is 255 g/mol. The van der Waals surface area contributed by atoms with E-state index in [1.54, 1.807) is 11.3 Å². The van der Waals surface area contributed by atoms with E-state index < -0.39 is 0 Å². The summed E-state index contributed by atoms with van der Waals surface area (Å²) in [5, 5.41) is 14.0. The highest BCUT2D eigenvalue weighted by atomic mass is 32.1. The van der Waals surface area contributed by atoms with Gasteiger partial charge in [-0.1, -0.05) is 19.9 Å². The second-order valence-corrected chi connectivity index (χ2v) is 5.57. The Kier molecular flexibility index (Phi) is 6.22. The molecule has 4 heteroatoms. The van der Waals surface area contributed by atoms with E-state index in [4.69, 9.17) is 5.11 Å². The lowest BCUT2D eigenvalue weighted by molar-refractivity contribution is -0.122. The number of amides is 1. The van der Waals surface area contributed by atoms with Crippen molar-refractivity contribution >= 4 is 17.2 Å². The lowest BCUT2D eigenvalue weighted by Crippen LogP contribution is -2.41. The van der Waals surface area contributed by atoms with Crippen LogP contribution in [-0.2, 0) is 11.2 Å². The largest absolute Gasteiger partial charge is 0.394 e. The lowest BCUT2D eigenvalue weighted by Gasteiger charge is -2.19. The fraction of sp³-hybridized carbons (Fsp3) is 0.615. The number of aliphatic hydroxyl groups excluding tert-OH is 1. The standard InChI is InChI=1S/C13H21NO2S/c1-10(2)12(9-15)14-13(16)7-3-5-11-6-4-8-17-11/h4,6,8,10,12,15H,3,5,7,9H2,1-2H3,(H,14,16)/t12-/m1/s1. The first kappa shape index (κ1) is 14.2. The third-order valence-electron chi connectivity index (χ3n) is 2.75. The average Bonchev–Trinajstić information content (AvgIpc) is 2.78. The van der Waals surface area contributed by atoms with Gasteiger partial charge in [0.1, 0.15) is 0 Å². The van der Waals surface area contributed by atoms with Gasteiger partial charge in [0, 0.05) is 11.3 Å². The minimum absolute atomic E-state index is 0.00827. The number of thiophene rings is 1. The number of hydrogen-bond donors (Lipinski definition) is 2. The SMILES string of the molecule is CC(C)[C@@H](CO)NC(=O)CCCc1cccs1. The van der Waals surface area contributed by atoms with Crippen LogP contribution in [0.15, 0.2) is 17.5 Å². The number of aliphatic hydroxyl groups is 1. The van der Waals surface area contributed by atoms with E-state index in [0.717, 1.165) is 12.8 Å². The predicted molar refractivity (Wildman–Crippen MR) is 71.1 cm³/mol. The van der Waals surface area contributed by atoms with Crippen molar-refractivity contribution in [2.75, 3.05) is 6.61 Å². The summed E-state index contributed by atoms with van der Waals surface area (Å²) >= 11 is 1.73. The summed E-state index contributed by atoms with van der Waals surface area (Å²) in [6, 6.07) is 4.00. The maximum Gasteiger partial charge on any atom is 0.220 e. The third kappa shape index (κ3) is 5.33. The van der Waals surface area contributed by atoms with Crippen molar-refractivity contribution in [1.29, 1.82) is 0 Å². The van der Waals surface area contributed by atoms with Gasteiger partial charge in [-0.15, -0.1) is 11.3 Å². The molecule has 1 aromatic heterocycles. The smallest absolute Gasteiger partial charge is 0.220 e. The van der Waals surface area contributed by atoms with Crippen molar-refractivity contribution in [3.05, 3.63) is 22.4 Å². The number of carbonyl (C=O) groups is 1. The van der Waals surface area contributed by atoms with Gasteiger partial charge in [0.25, 0.3) is 0 Å². The molecule has 0 aliphatic carbocycles. The highest BCUT2D eigenvalue weighted by Gasteiger charge is 2.14. The fourth-order valence-corrected chi connectivity index (χ4v) is 2.33. The Labute approximate surface area is 107 Å². The van der Waals surface area contributed by atoms with Crippen LogP contribution in [0.2, 0.25) is 0 Å². The van der Waals surface area contributed by atoms with Crippen LogP contribution in [-0.4, -0.2) is 23.7 Å². The Morgan fingerprint density at radius 1 is 1.53 bits per heavy atom. The first-order chi connectivity index (χ1) is 8.13. The van der Waals surface area contributed by atoms with E-state index in [-0.39, 0.29) is 24.5 Å². The van der Waals surface area contributed by atoms with Crippen molar-refractivity contribution in [2.24, 2.45) is 5.92 Å². The fourth-order valence-electron chi connectivity index (χ4n) is 1.58. The van der Waals surface area contributed by atoms with Crippen molar-refractivity contribution in [3.63, 3.8) is 0 Å². The van der Waals surface area contributed by atoms with Crippen LogP contribution in [0.25, 0.3) is 0 Å². The van der Waals surface area contributed by atoms with Crippen molar-refractivity contribution in [3.8, 4) is 0 Å². The van der Waals surface area contributed by atoms with Crippen molar-refractivity contribution in [1.82, 2.24) is 5.32 Å². The summed E-state index contributed by atoms with van der Waals surface area (Å²) in [5.74, 6) is 0.301. The molecule has 17 heavy (non-hydrogen) atoms. The second kappa shape index (κ2) is 7.45. The van der Waals surface area contributed by atoms with Crippen LogP contribution in [0.5, 0.6) is 0 Å². The van der Waals surface area contributed by atoms with Gasteiger partial charge in [-0.2, -0.15) is 0 Å². The van der Waals surface area contributed by atoms with Crippen LogP contribution in [0.4, 0.5) is 0 Å². The molecule has 1 heterocycles. The van der Waals surface area contributed by atoms with E-state index in [2.05, 4.69) is 16.8 Å². The molecule has 1 atom stereocenters. The van der Waals surface area contributed by atoms with Gasteiger partial charge in [0.2, 0.25) is 5.91 Å². The summed E-state index contributed by atoms with van der Waals surface area (Å²) in [7, 11) is 0. The number of hydrogen-bond acceptors (Lipinski definition) is 3. The zero-order valence-corrected chi connectivity index (χ0v) is 11.3. The lowest BCUT2D eigenvalue weighted by atomic mass is 10.1. The first-order valence-corrected chi connectivity index (χ1v) is 6.94. The van der Waals surface area contributed by atoms with Crippen molar-refractivity contribution < 1.29 is 9.90 Å². The van der Waals surface area contributed by atoms with Gasteiger partial charge in [-0.05, 0) is 30.2 Å². The molecule has 0 saturated heterocycles. The Hall–Kier alpha value is -0.870. The molecule has 1 amide bonds. The molecule has 1 rings (SSSR count). The molecule has 0 radical (unpaired) electrons. The van der Waals surface area contributed by atoms with E-state index >= 15 is 0 Å². The van der Waals surface area contributed by atoms with Crippen LogP contribution in [0, 0.1) is 5.92 Å². The van der Waals surface area contributed by atoms with Gasteiger partial charge in [0.15, 0.2) is 0 Å². The number of nitrogens with one attached hydrogen (secondary N) is 1. The van der Waals surface area contributed by atoms with E-state index in [1.807, 2.05) is 19.9 Å². The Bertz CT molecular complexity index is 322. The number of rotatable bonds is 7. The summed E-state index contributed by atoms with van der Waals surface area (Å²) in [6.45, 7) is 3.99. The molecule has 0 aliphatic rings. The molecular weight excluding hydrogens is 234 g/mol. The normalized spacial score (nSPS) is 12.7. The maximum atomic E-state index is 11.6. The molecule has 96 valence electrons. The average molecular weight is 255 g/mol. The third-order valence-corrected chi connectivity index (χ3v) is 3.69. The van der Waals surface area contributed by atoms with Crippen LogP contribution in [0.1, 0.15) is 31.6 Å². The van der Waals surface area contributed by atoms with Gasteiger partial charge in [-0.25, -0.2) is 0 Å². The molecule has 0 spiro atoms. The highest BCUT2D eigenvalue weighted by molar-refractivity contribution is 7.09. The zero-order chi connectivity index (χ0) is 12.7. The Morgan fingerprint density at radius 3 is 2.82 bits per heavy atom. The van der Waals surface area contributed by atoms with E-state index in [1.165, 1.54) is 4.88 Å². The minimum Gasteiger partial charge on any atom is -0.394 e. The molecule has 0 fully saturated rings. The first-order valence-electron chi connectivity index (χ1n) is 6.06. The minimum atomic E-state index is -0.121. The predicted octanol–water partition coefficient (Wildman–Crippen LogP) is 2.20. The molecule has 0 bridgehead atoms. The highest BCUT2D eigenvalue weighted by Crippen LogP contribution is 2.12. The van der Waals surface area contributed by atoms with Crippen LogP contribution < -0.4 is 5.32 Å². The van der Waals surface area contributed by atoms with Crippen LogP contribution >= 0.6 is 11.3 Å². The molecule has 0 saturated carbocycles. The Morgan fingerprint density at radius 2 is 2.29 bits per heavy atom. The Balaban J connectivity index is 2.20. The van der Waals surface area contributed by atoms with Crippen molar-refractivity contribution in [2.45, 2.75) is 39.2 Å². The molecule has 1 aromatic rings. The van der Waals surface area contributed by atoms with Gasteiger partial charge in [0.05, 0.1) is 12.6 Å². The van der Waals surface area contributed by atoms with Gasteiger partial charge < -0.3 is 10.4 Å². The summed E-state index contributed by atoms with van der Waals surface area (Å²) in [5.41, 5.74) is 0. The summed E-state index contributed by atoms with van der Waals surface area (Å²) < 4.78 is 0. The van der Waals surface area contributed by atoms with E-state index in [9.17, 15) is 4.79 Å². The zero-order valence-electron chi connectivity index (χ0n) is 10.5.